The van der Waals surface area contributed by atoms with Crippen LogP contribution in [0, 0.1) is 5.82 Å². The second-order valence-electron chi connectivity index (χ2n) is 11.1. The highest BCUT2D eigenvalue weighted by Crippen LogP contribution is 2.55. The minimum absolute atomic E-state index is 0.0480. The molecular formula is C31H33FN6O3. The number of nitrogens with zero attached hydrogens (tertiary/aromatic N) is 6. The second-order valence-corrected chi connectivity index (χ2v) is 11.1. The van der Waals surface area contributed by atoms with Crippen molar-refractivity contribution in [2.75, 3.05) is 6.54 Å². The lowest BCUT2D eigenvalue weighted by Gasteiger charge is -2.36. The predicted octanol–water partition coefficient (Wildman–Crippen LogP) is 5.57. The number of carbonyl (C=O) groups excluding carboxylic acids is 1. The van der Waals surface area contributed by atoms with Crippen molar-refractivity contribution in [3.63, 3.8) is 0 Å². The van der Waals surface area contributed by atoms with E-state index in [9.17, 15) is 14.7 Å². The number of rotatable bonds is 8. The van der Waals surface area contributed by atoms with Crippen LogP contribution in [0.1, 0.15) is 89.4 Å². The first-order chi connectivity index (χ1) is 19.9. The summed E-state index contributed by atoms with van der Waals surface area (Å²) in [6.45, 7) is 2.75. The number of piperidine rings is 1. The summed E-state index contributed by atoms with van der Waals surface area (Å²) in [7, 11) is 1.80. The summed E-state index contributed by atoms with van der Waals surface area (Å²) in [5.74, 6) is -1.90. The molecule has 2 unspecified atom stereocenters. The second kappa shape index (κ2) is 10.9. The standard InChI is InChI=1S/C31H33FN6O3/c1-3-8-20-10-4-5-14-37(20)30(39)23-13-7-12-22(28(23)32)19-9-6-11-21(15-19)38-29(26(17-33-38)31(40)41)25-16-24(25)27-18-36(2)35-34-27/h6-7,9,11-13,15,17-18,20,24-25H,3-5,8,10,14,16H2,1-2H3,(H,40,41)/t20-,24?,25?/m1/s1. The smallest absolute Gasteiger partial charge is 0.339 e. The molecule has 212 valence electrons. The van der Waals surface area contributed by atoms with Gasteiger partial charge in [-0.2, -0.15) is 5.10 Å². The number of aromatic carboxylic acids is 1. The van der Waals surface area contributed by atoms with Crippen LogP contribution in [0.15, 0.2) is 54.9 Å². The molecule has 2 aliphatic rings. The van der Waals surface area contributed by atoms with Crippen LogP contribution in [-0.4, -0.2) is 59.2 Å². The summed E-state index contributed by atoms with van der Waals surface area (Å²) < 4.78 is 19.3. The maximum absolute atomic E-state index is 16.0. The highest BCUT2D eigenvalue weighted by molar-refractivity contribution is 5.96. The zero-order valence-electron chi connectivity index (χ0n) is 23.2. The van der Waals surface area contributed by atoms with Gasteiger partial charge in [0.15, 0.2) is 0 Å². The fourth-order valence-electron chi connectivity index (χ4n) is 6.23. The van der Waals surface area contributed by atoms with Crippen LogP contribution >= 0.6 is 0 Å². The minimum Gasteiger partial charge on any atom is -0.478 e. The summed E-state index contributed by atoms with van der Waals surface area (Å²) in [4.78, 5) is 27.5. The molecule has 4 aromatic rings. The molecular weight excluding hydrogens is 523 g/mol. The number of halogens is 1. The van der Waals surface area contributed by atoms with Crippen molar-refractivity contribution in [1.29, 1.82) is 0 Å². The van der Waals surface area contributed by atoms with Gasteiger partial charge in [-0.15, -0.1) is 5.10 Å². The molecule has 9 nitrogen and oxygen atoms in total. The number of likely N-dealkylation sites (tertiary alicyclic amines) is 1. The van der Waals surface area contributed by atoms with E-state index in [4.69, 9.17) is 0 Å². The Morgan fingerprint density at radius 3 is 2.68 bits per heavy atom. The molecule has 1 saturated carbocycles. The van der Waals surface area contributed by atoms with Crippen LogP contribution in [0.5, 0.6) is 0 Å². The Kier molecular flexibility index (Phi) is 7.15. The summed E-state index contributed by atoms with van der Waals surface area (Å²) in [6, 6.07) is 12.3. The lowest BCUT2D eigenvalue weighted by atomic mass is 9.96. The molecule has 41 heavy (non-hydrogen) atoms. The van der Waals surface area contributed by atoms with E-state index in [1.54, 1.807) is 52.8 Å². The molecule has 10 heteroatoms. The first-order valence-electron chi connectivity index (χ1n) is 14.2. The van der Waals surface area contributed by atoms with Crippen molar-refractivity contribution in [1.82, 2.24) is 29.7 Å². The van der Waals surface area contributed by atoms with Gasteiger partial charge in [0.05, 0.1) is 28.8 Å². The van der Waals surface area contributed by atoms with Crippen LogP contribution in [-0.2, 0) is 7.05 Å². The third kappa shape index (κ3) is 5.03. The molecule has 3 heterocycles. The Labute approximate surface area is 237 Å². The van der Waals surface area contributed by atoms with Gasteiger partial charge < -0.3 is 10.0 Å². The van der Waals surface area contributed by atoms with Crippen molar-refractivity contribution in [2.24, 2.45) is 7.05 Å². The zero-order chi connectivity index (χ0) is 28.7. The monoisotopic (exact) mass is 556 g/mol. The number of carbonyl (C=O) groups is 2. The van der Waals surface area contributed by atoms with Gasteiger partial charge in [-0.3, -0.25) is 9.48 Å². The first kappa shape index (κ1) is 26.9. The average Bonchev–Trinajstić information content (AvgIpc) is 3.42. The number of benzene rings is 2. The highest BCUT2D eigenvalue weighted by atomic mass is 19.1. The Bertz CT molecular complexity index is 1610. The molecule has 3 atom stereocenters. The molecule has 2 fully saturated rings. The maximum Gasteiger partial charge on any atom is 0.339 e. The number of hydrogen-bond acceptors (Lipinski definition) is 5. The number of hydrogen-bond donors (Lipinski definition) is 1. The number of amides is 1. The Balaban J connectivity index is 1.34. The van der Waals surface area contributed by atoms with Crippen molar-refractivity contribution in [3.05, 3.63) is 83.2 Å². The van der Waals surface area contributed by atoms with Crippen LogP contribution in [0.4, 0.5) is 4.39 Å². The van der Waals surface area contributed by atoms with E-state index >= 15 is 4.39 Å². The number of aryl methyl sites for hydroxylation is 1. The molecule has 1 N–H and O–H groups in total. The van der Waals surface area contributed by atoms with Crippen LogP contribution in [0.2, 0.25) is 0 Å². The molecule has 0 bridgehead atoms. The van der Waals surface area contributed by atoms with E-state index in [-0.39, 0.29) is 34.9 Å². The van der Waals surface area contributed by atoms with Crippen molar-refractivity contribution in [3.8, 4) is 16.8 Å². The Morgan fingerprint density at radius 1 is 1.10 bits per heavy atom. The molecule has 1 saturated heterocycles. The molecule has 1 aliphatic heterocycles. The quantitative estimate of drug-likeness (QED) is 0.304. The minimum atomic E-state index is -1.05. The summed E-state index contributed by atoms with van der Waals surface area (Å²) in [5.41, 5.74) is 3.12. The highest BCUT2D eigenvalue weighted by Gasteiger charge is 2.46. The van der Waals surface area contributed by atoms with Gasteiger partial charge in [0.25, 0.3) is 5.91 Å². The molecule has 1 aliphatic carbocycles. The van der Waals surface area contributed by atoms with Gasteiger partial charge in [0, 0.05) is 43.2 Å². The SMILES string of the molecule is CCC[C@@H]1CCCCN1C(=O)c1cccc(-c2cccc(-n3ncc(C(=O)O)c3C3CC3c3cn(C)nn3)c2)c1F. The van der Waals surface area contributed by atoms with E-state index < -0.39 is 11.8 Å². The maximum atomic E-state index is 16.0. The van der Waals surface area contributed by atoms with Gasteiger partial charge in [-0.25, -0.2) is 13.9 Å². The largest absolute Gasteiger partial charge is 0.478 e. The number of carboxylic acid groups (broad SMARTS) is 1. The lowest BCUT2D eigenvalue weighted by molar-refractivity contribution is 0.0595. The topological polar surface area (TPSA) is 106 Å². The van der Waals surface area contributed by atoms with Gasteiger partial charge in [0.1, 0.15) is 11.4 Å². The zero-order valence-corrected chi connectivity index (χ0v) is 23.2. The van der Waals surface area contributed by atoms with E-state index in [0.717, 1.165) is 44.2 Å². The third-order valence-corrected chi connectivity index (χ3v) is 8.32. The molecule has 0 radical (unpaired) electrons. The molecule has 0 spiro atoms. The Morgan fingerprint density at radius 2 is 1.93 bits per heavy atom. The summed E-state index contributed by atoms with van der Waals surface area (Å²) in [5, 5.41) is 22.6. The van der Waals surface area contributed by atoms with E-state index in [1.807, 2.05) is 17.2 Å². The van der Waals surface area contributed by atoms with Gasteiger partial charge >= 0.3 is 5.97 Å². The molecule has 6 rings (SSSR count). The molecule has 2 aromatic carbocycles. The lowest BCUT2D eigenvalue weighted by Crippen LogP contribution is -2.44. The fourth-order valence-corrected chi connectivity index (χ4v) is 6.23. The van der Waals surface area contributed by atoms with Crippen molar-refractivity contribution in [2.45, 2.75) is 63.3 Å². The van der Waals surface area contributed by atoms with Crippen molar-refractivity contribution < 1.29 is 19.1 Å². The normalized spacial score (nSPS) is 20.3. The summed E-state index contributed by atoms with van der Waals surface area (Å²) in [6.07, 6.45) is 8.80. The predicted molar refractivity (Wildman–Crippen MR) is 151 cm³/mol. The molecule has 1 amide bonds. The van der Waals surface area contributed by atoms with E-state index in [1.165, 1.54) is 6.20 Å². The first-order valence-corrected chi connectivity index (χ1v) is 14.2. The van der Waals surface area contributed by atoms with Gasteiger partial charge in [-0.05, 0) is 55.9 Å². The third-order valence-electron chi connectivity index (χ3n) is 8.32. The van der Waals surface area contributed by atoms with Crippen molar-refractivity contribution >= 4 is 11.9 Å². The number of carboxylic acids is 1. The van der Waals surface area contributed by atoms with Gasteiger partial charge in [-0.1, -0.05) is 42.8 Å². The van der Waals surface area contributed by atoms with Crippen LogP contribution < -0.4 is 0 Å². The van der Waals surface area contributed by atoms with E-state index in [2.05, 4.69) is 22.3 Å². The summed E-state index contributed by atoms with van der Waals surface area (Å²) >= 11 is 0. The molecule has 2 aromatic heterocycles. The Hall–Kier alpha value is -4.34. The van der Waals surface area contributed by atoms with Gasteiger partial charge in [0.2, 0.25) is 0 Å². The van der Waals surface area contributed by atoms with E-state index in [0.29, 0.717) is 29.1 Å². The van der Waals surface area contributed by atoms with Crippen LogP contribution in [0.25, 0.3) is 16.8 Å². The number of aromatic nitrogens is 5. The fraction of sp³-hybridized carbons (Fsp3) is 0.387. The van der Waals surface area contributed by atoms with Crippen LogP contribution in [0.3, 0.4) is 0 Å². The average molecular weight is 557 g/mol.